The van der Waals surface area contributed by atoms with Crippen LogP contribution in [0, 0.1) is 0 Å². The first-order valence-electron chi connectivity index (χ1n) is 21.6. The zero-order valence-electron chi connectivity index (χ0n) is 38.7. The average molecular weight is 1150 g/mol. The van der Waals surface area contributed by atoms with Crippen LogP contribution < -0.4 is 10.6 Å². The van der Waals surface area contributed by atoms with E-state index in [1.165, 1.54) is 30.9 Å². The van der Waals surface area contributed by atoms with Crippen LogP contribution in [0.3, 0.4) is 0 Å². The predicted octanol–water partition coefficient (Wildman–Crippen LogP) is 10.4. The van der Waals surface area contributed by atoms with E-state index in [9.17, 15) is 63.8 Å². The van der Waals surface area contributed by atoms with Crippen molar-refractivity contribution in [2.24, 2.45) is 0 Å². The quantitative estimate of drug-likeness (QED) is 0.0387. The Morgan fingerprint density at radius 3 is 1.41 bits per heavy atom. The number of nitrogens with zero attached hydrogens (tertiary/aromatic N) is 8. The first-order valence-corrected chi connectivity index (χ1v) is 26.3. The Morgan fingerprint density at radius 2 is 1.04 bits per heavy atom. The fourth-order valence-corrected chi connectivity index (χ4v) is 9.59. The fourth-order valence-electron chi connectivity index (χ4n) is 7.96. The molecule has 0 amide bonds. The lowest BCUT2D eigenvalue weighted by Crippen LogP contribution is -2.38. The lowest BCUT2D eigenvalue weighted by atomic mass is 10.1. The second-order valence-electron chi connectivity index (χ2n) is 17.0. The van der Waals surface area contributed by atoms with Gasteiger partial charge in [0.05, 0.1) is 29.8 Å². The zero-order chi connectivity index (χ0) is 54.8. The number of aliphatic hydroxyl groups excluding tert-OH is 3. The van der Waals surface area contributed by atoms with Crippen LogP contribution in [0.5, 0.6) is 0 Å². The summed E-state index contributed by atoms with van der Waals surface area (Å²) in [5.41, 5.74) is 0.751. The van der Waals surface area contributed by atoms with Gasteiger partial charge >= 0.3 is 32.4 Å². The van der Waals surface area contributed by atoms with E-state index in [1.54, 1.807) is 20.8 Å². The number of carbonyl (C=O) groups is 2. The van der Waals surface area contributed by atoms with Gasteiger partial charge in [-0.3, -0.25) is 9.59 Å². The van der Waals surface area contributed by atoms with E-state index in [2.05, 4.69) is 40.8 Å². The maximum absolute atomic E-state index is 13.1. The molecule has 2 aliphatic rings. The molecule has 6 heterocycles. The number of carbonyl (C=O) groups excluding carboxylic acids is 2. The number of esters is 2. The van der Waals surface area contributed by atoms with Crippen LogP contribution in [-0.2, 0) is 28.5 Å². The molecule has 0 saturated carbocycles. The fraction of sp³-hybridized carbons (Fsp3) is 0.415. The summed E-state index contributed by atoms with van der Waals surface area (Å²) in [6.45, 7) is 6.79. The Labute approximate surface area is 421 Å². The highest BCUT2D eigenvalue weighted by Gasteiger charge is 2.66. The van der Waals surface area contributed by atoms with Gasteiger partial charge < -0.3 is 44.9 Å². The summed E-state index contributed by atoms with van der Waals surface area (Å²) in [6.07, 6.45) is -5.68. The molecule has 2 aliphatic heterocycles. The van der Waals surface area contributed by atoms with Crippen molar-refractivity contribution in [3.05, 3.63) is 82.6 Å². The Morgan fingerprint density at radius 1 is 0.649 bits per heavy atom. The number of anilines is 2. The molecular weight excluding hydrogens is 1100 g/mol. The normalized spacial score (nSPS) is 24.9. The molecule has 2 unspecified atom stereocenters. The molecule has 6 aromatic rings. The van der Waals surface area contributed by atoms with Gasteiger partial charge in [0.15, 0.2) is 36.0 Å². The van der Waals surface area contributed by atoms with Crippen LogP contribution in [0.25, 0.3) is 22.1 Å². The van der Waals surface area contributed by atoms with Crippen LogP contribution in [0.1, 0.15) is 76.7 Å². The highest BCUT2D eigenvalue weighted by molar-refractivity contribution is 8.46. The molecule has 8 rings (SSSR count). The summed E-state index contributed by atoms with van der Waals surface area (Å²) in [5, 5.41) is 44.0. The Bertz CT molecular complexity index is 3100. The molecule has 408 valence electrons. The minimum absolute atomic E-state index is 0.0980. The molecule has 74 heavy (non-hydrogen) atoms. The molecule has 2 fully saturated rings. The number of rotatable bonds is 14. The molecule has 0 radical (unpaired) electrons. The molecule has 19 nitrogen and oxygen atoms in total. The van der Waals surface area contributed by atoms with Crippen LogP contribution in [-0.4, -0.2) is 110 Å². The third-order valence-corrected chi connectivity index (χ3v) is 14.2. The van der Waals surface area contributed by atoms with E-state index in [0.717, 1.165) is 28.9 Å². The van der Waals surface area contributed by atoms with Crippen LogP contribution in [0.4, 0.5) is 50.5 Å². The van der Waals surface area contributed by atoms with E-state index in [4.69, 9.17) is 42.1 Å². The maximum Gasteiger partial charge on any atom is 0.310 e. The molecule has 5 N–H and O–H groups in total. The van der Waals surface area contributed by atoms with Crippen molar-refractivity contribution in [3.8, 4) is 0 Å². The maximum atomic E-state index is 13.1. The summed E-state index contributed by atoms with van der Waals surface area (Å²) >= 11 is 12.2. The summed E-state index contributed by atoms with van der Waals surface area (Å²) in [4.78, 5) is 36.1. The summed E-state index contributed by atoms with van der Waals surface area (Å²) in [6, 6.07) is 3.60. The number of benzene rings is 2. The molecule has 10 atom stereocenters. The van der Waals surface area contributed by atoms with E-state index < -0.39 is 110 Å². The summed E-state index contributed by atoms with van der Waals surface area (Å²) in [7, 11) is -19.6. The number of aromatic nitrogens is 8. The summed E-state index contributed by atoms with van der Waals surface area (Å²) in [5.74, 6) is -0.993. The Kier molecular flexibility index (Phi) is 14.1. The van der Waals surface area contributed by atoms with Crippen LogP contribution >= 0.6 is 43.6 Å². The molecule has 2 aromatic carbocycles. The molecule has 33 heteroatoms. The summed E-state index contributed by atoms with van der Waals surface area (Å²) < 4.78 is 155. The van der Waals surface area contributed by atoms with E-state index in [-0.39, 0.29) is 50.0 Å². The minimum Gasteiger partial charge on any atom is -0.456 e. The minimum atomic E-state index is -9.81. The van der Waals surface area contributed by atoms with Crippen molar-refractivity contribution in [1.82, 2.24) is 39.5 Å². The Balaban J connectivity index is 0.000000219. The SMILES string of the molecule is CC[C@H]1O[C@@H](n2ncc3c(N[C@H](C)c4ccc(S(F)(F)(F)(F)F)cc4)nc(Cl)nc32)[C@@H](OC(C)=O)C1OC(C)=O.C[C@@H](Nc1nc(Cl)nc2c1cnn2[C@@H]1O[C@H](CO)C(O)[C@@H]1O)c1ccc(S(F)(F)(F)(F)F)cc1. The zero-order valence-corrected chi connectivity index (χ0v) is 41.8. The van der Waals surface area contributed by atoms with Gasteiger partial charge in [-0.25, -0.2) is 9.36 Å². The van der Waals surface area contributed by atoms with Gasteiger partial charge in [-0.15, -0.1) is 0 Å². The van der Waals surface area contributed by atoms with Crippen molar-refractivity contribution >= 4 is 89.3 Å². The lowest BCUT2D eigenvalue weighted by molar-refractivity contribution is -0.165. The molecule has 0 spiro atoms. The average Bonchev–Trinajstić information content (AvgIpc) is 4.05. The number of fused-ring (bicyclic) bond motifs is 2. The monoisotopic (exact) mass is 1140 g/mol. The first kappa shape index (κ1) is 56.2. The molecule has 0 aliphatic carbocycles. The first-order chi connectivity index (χ1) is 34.0. The number of ether oxygens (including phenoxy) is 4. The molecule has 0 bridgehead atoms. The van der Waals surface area contributed by atoms with Crippen LogP contribution in [0.15, 0.2) is 70.7 Å². The van der Waals surface area contributed by atoms with E-state index in [1.807, 2.05) is 0 Å². The van der Waals surface area contributed by atoms with Gasteiger partial charge in [0.1, 0.15) is 45.8 Å². The number of aliphatic hydroxyl groups is 3. The van der Waals surface area contributed by atoms with Gasteiger partial charge in [-0.2, -0.15) is 30.1 Å². The van der Waals surface area contributed by atoms with E-state index in [0.29, 0.717) is 36.1 Å². The second kappa shape index (κ2) is 18.6. The lowest BCUT2D eigenvalue weighted by Gasteiger charge is -2.40. The highest BCUT2D eigenvalue weighted by atomic mass is 35.5. The predicted molar refractivity (Wildman–Crippen MR) is 249 cm³/mol. The smallest absolute Gasteiger partial charge is 0.310 e. The molecular formula is C41H44Cl2F10N10O9S2. The number of hydrogen-bond donors (Lipinski definition) is 5. The number of nitrogens with one attached hydrogen (secondary N) is 2. The van der Waals surface area contributed by atoms with Crippen molar-refractivity contribution in [3.63, 3.8) is 0 Å². The van der Waals surface area contributed by atoms with Gasteiger partial charge in [-0.1, -0.05) is 70.0 Å². The standard InChI is InChI=1S/C23H25ClF5N5O5S.C18H19ClF5N5O4S/c1-5-17-18(37-12(3)35)19(38-13(4)36)22(39-17)34-21-16(10-30-34)20(32-23(24)33-21)31-11(2)14-6-8-15(9-7-14)40(25,26,27,28)29;1-8(9-2-4-10(5-3-9)34(20,21,22,23)24)26-15-11-6-25-29(16(11)28-18(19)27-15)17-14(32)13(31)12(7-30)33-17/h6-11,17-19,22H,5H2,1-4H3,(H,31,32,33);2-6,8,12-14,17,30-32H,7H2,1H3,(H,26,27,28)/t11-,17-,18?,19+,22-;8-,12-,13?,14+,17-/m11/s1. The van der Waals surface area contributed by atoms with Crippen molar-refractivity contribution < 1.29 is 82.7 Å². The van der Waals surface area contributed by atoms with Gasteiger partial charge in [0, 0.05) is 25.9 Å². The topological polar surface area (TPSA) is 243 Å². The third kappa shape index (κ3) is 12.3. The van der Waals surface area contributed by atoms with Crippen molar-refractivity contribution in [2.45, 2.75) is 112 Å². The molecule has 2 saturated heterocycles. The Hall–Kier alpha value is -5.54. The largest absolute Gasteiger partial charge is 0.456 e. The molecule has 4 aromatic heterocycles. The third-order valence-electron chi connectivity index (χ3n) is 11.5. The number of halogens is 12. The second-order valence-corrected chi connectivity index (χ2v) is 22.5. The van der Waals surface area contributed by atoms with Gasteiger partial charge in [-0.05, 0) is 78.9 Å². The van der Waals surface area contributed by atoms with Gasteiger partial charge in [0.25, 0.3) is 0 Å². The van der Waals surface area contributed by atoms with Crippen molar-refractivity contribution in [1.29, 1.82) is 0 Å². The highest BCUT2D eigenvalue weighted by Crippen LogP contribution is 3.02. The van der Waals surface area contributed by atoms with Gasteiger partial charge in [0.2, 0.25) is 10.6 Å². The number of hydrogen-bond acceptors (Lipinski definition) is 17. The van der Waals surface area contributed by atoms with Crippen LogP contribution in [0.2, 0.25) is 10.6 Å². The van der Waals surface area contributed by atoms with E-state index >= 15 is 0 Å². The van der Waals surface area contributed by atoms with Crippen molar-refractivity contribution in [2.75, 3.05) is 17.2 Å².